The maximum absolute atomic E-state index is 13.9. The number of para-hydroxylation sites is 1. The molecular formula is C22H26FN3O3. The molecule has 2 N–H and O–H groups in total. The van der Waals surface area contributed by atoms with Crippen LogP contribution in [0.1, 0.15) is 16.7 Å². The SMILES string of the molecule is C=CCOc1ccccc1CNC(=NC)NCCc1cc(F)cc2c1OCOC2. The molecule has 29 heavy (non-hydrogen) atoms. The third kappa shape index (κ3) is 5.71. The van der Waals surface area contributed by atoms with Crippen LogP contribution < -0.4 is 20.1 Å². The first kappa shape index (κ1) is 20.7. The third-order valence-corrected chi connectivity index (χ3v) is 4.44. The van der Waals surface area contributed by atoms with Crippen molar-refractivity contribution in [3.63, 3.8) is 0 Å². The average Bonchev–Trinajstić information content (AvgIpc) is 2.75. The lowest BCUT2D eigenvalue weighted by Crippen LogP contribution is -2.38. The van der Waals surface area contributed by atoms with Crippen molar-refractivity contribution in [3.05, 3.63) is 71.6 Å². The van der Waals surface area contributed by atoms with Crippen molar-refractivity contribution >= 4 is 5.96 Å². The molecule has 0 amide bonds. The van der Waals surface area contributed by atoms with Crippen LogP contribution in [0, 0.1) is 5.82 Å². The van der Waals surface area contributed by atoms with Gasteiger partial charge in [-0.3, -0.25) is 4.99 Å². The summed E-state index contributed by atoms with van der Waals surface area (Å²) in [5.74, 6) is 1.89. The van der Waals surface area contributed by atoms with Crippen LogP contribution in [-0.2, 0) is 24.3 Å². The minimum absolute atomic E-state index is 0.190. The number of fused-ring (bicyclic) bond motifs is 1. The highest BCUT2D eigenvalue weighted by Gasteiger charge is 2.16. The van der Waals surface area contributed by atoms with E-state index in [-0.39, 0.29) is 12.6 Å². The first-order valence-electron chi connectivity index (χ1n) is 9.49. The summed E-state index contributed by atoms with van der Waals surface area (Å²) in [7, 11) is 1.71. The second kappa shape index (κ2) is 10.5. The first-order chi connectivity index (χ1) is 14.2. The summed E-state index contributed by atoms with van der Waals surface area (Å²) in [4.78, 5) is 4.24. The Morgan fingerprint density at radius 1 is 1.28 bits per heavy atom. The van der Waals surface area contributed by atoms with E-state index in [1.165, 1.54) is 12.1 Å². The molecule has 0 atom stereocenters. The van der Waals surface area contributed by atoms with E-state index < -0.39 is 0 Å². The molecule has 0 spiro atoms. The average molecular weight is 399 g/mol. The maximum atomic E-state index is 13.9. The van der Waals surface area contributed by atoms with Gasteiger partial charge in [-0.1, -0.05) is 30.9 Å². The molecule has 0 bridgehead atoms. The zero-order chi connectivity index (χ0) is 20.5. The molecular weight excluding hydrogens is 373 g/mol. The summed E-state index contributed by atoms with van der Waals surface area (Å²) in [6.45, 7) is 5.82. The predicted molar refractivity (Wildman–Crippen MR) is 111 cm³/mol. The summed E-state index contributed by atoms with van der Waals surface area (Å²) in [5, 5.41) is 6.52. The highest BCUT2D eigenvalue weighted by molar-refractivity contribution is 5.79. The smallest absolute Gasteiger partial charge is 0.191 e. The molecule has 0 aliphatic carbocycles. The molecule has 0 fully saturated rings. The highest BCUT2D eigenvalue weighted by atomic mass is 19.1. The van der Waals surface area contributed by atoms with Gasteiger partial charge in [0, 0.05) is 31.3 Å². The number of nitrogens with one attached hydrogen (secondary N) is 2. The molecule has 154 valence electrons. The lowest BCUT2D eigenvalue weighted by atomic mass is 10.1. The van der Waals surface area contributed by atoms with Gasteiger partial charge in [0.15, 0.2) is 12.8 Å². The number of hydrogen-bond acceptors (Lipinski definition) is 4. The van der Waals surface area contributed by atoms with Crippen LogP contribution >= 0.6 is 0 Å². The summed E-state index contributed by atoms with van der Waals surface area (Å²) in [6.07, 6.45) is 2.31. The molecule has 3 rings (SSSR count). The Morgan fingerprint density at radius 3 is 2.97 bits per heavy atom. The largest absolute Gasteiger partial charge is 0.489 e. The molecule has 7 heteroatoms. The van der Waals surface area contributed by atoms with Gasteiger partial charge in [0.2, 0.25) is 0 Å². The quantitative estimate of drug-likeness (QED) is 0.406. The predicted octanol–water partition coefficient (Wildman–Crippen LogP) is 3.16. The molecule has 1 aliphatic heterocycles. The standard InChI is InChI=1S/C22H26FN3O3/c1-3-10-28-20-7-5-4-6-17(20)13-26-22(24-2)25-9-8-16-11-19(23)12-18-14-27-15-29-21(16)18/h3-7,11-12H,1,8-10,13-15H2,2H3,(H2,24,25,26). The minimum atomic E-state index is -0.286. The molecule has 2 aromatic rings. The van der Waals surface area contributed by atoms with Gasteiger partial charge in [0.25, 0.3) is 0 Å². The van der Waals surface area contributed by atoms with E-state index in [2.05, 4.69) is 22.2 Å². The number of ether oxygens (including phenoxy) is 3. The number of benzene rings is 2. The summed E-state index contributed by atoms with van der Waals surface area (Å²) < 4.78 is 30.3. The topological polar surface area (TPSA) is 64.1 Å². The van der Waals surface area contributed by atoms with Crippen molar-refractivity contribution in [3.8, 4) is 11.5 Å². The Bertz CT molecular complexity index is 870. The van der Waals surface area contributed by atoms with Gasteiger partial charge in [0.1, 0.15) is 23.9 Å². The molecule has 0 saturated carbocycles. The third-order valence-electron chi connectivity index (χ3n) is 4.44. The molecule has 6 nitrogen and oxygen atoms in total. The number of aliphatic imine (C=N–C) groups is 1. The van der Waals surface area contributed by atoms with Crippen molar-refractivity contribution in [2.75, 3.05) is 27.0 Å². The normalized spacial score (nSPS) is 13.2. The Hall–Kier alpha value is -3.06. The van der Waals surface area contributed by atoms with E-state index >= 15 is 0 Å². The maximum Gasteiger partial charge on any atom is 0.191 e. The van der Waals surface area contributed by atoms with Crippen molar-refractivity contribution < 1.29 is 18.6 Å². The van der Waals surface area contributed by atoms with Crippen LogP contribution in [-0.4, -0.2) is 33.0 Å². The summed E-state index contributed by atoms with van der Waals surface area (Å²) in [6, 6.07) is 10.8. The molecule has 1 aliphatic rings. The molecule has 0 radical (unpaired) electrons. The van der Waals surface area contributed by atoms with E-state index in [9.17, 15) is 4.39 Å². The van der Waals surface area contributed by atoms with E-state index in [4.69, 9.17) is 14.2 Å². The van der Waals surface area contributed by atoms with Crippen molar-refractivity contribution in [1.29, 1.82) is 0 Å². The minimum Gasteiger partial charge on any atom is -0.489 e. The van der Waals surface area contributed by atoms with Crippen molar-refractivity contribution in [2.45, 2.75) is 19.6 Å². The van der Waals surface area contributed by atoms with E-state index in [0.29, 0.717) is 38.7 Å². The number of hydrogen-bond donors (Lipinski definition) is 2. The molecule has 0 aromatic heterocycles. The van der Waals surface area contributed by atoms with Gasteiger partial charge < -0.3 is 24.8 Å². The zero-order valence-corrected chi connectivity index (χ0v) is 16.5. The fraction of sp³-hybridized carbons (Fsp3) is 0.318. The van der Waals surface area contributed by atoms with Crippen molar-refractivity contribution in [2.24, 2.45) is 4.99 Å². The van der Waals surface area contributed by atoms with Crippen LogP contribution in [0.2, 0.25) is 0 Å². The Kier molecular flexibility index (Phi) is 7.47. The zero-order valence-electron chi connectivity index (χ0n) is 16.5. The second-order valence-corrected chi connectivity index (χ2v) is 6.47. The van der Waals surface area contributed by atoms with Crippen LogP contribution in [0.5, 0.6) is 11.5 Å². The van der Waals surface area contributed by atoms with Gasteiger partial charge in [0.05, 0.1) is 6.61 Å². The van der Waals surface area contributed by atoms with Gasteiger partial charge in [-0.15, -0.1) is 0 Å². The van der Waals surface area contributed by atoms with Gasteiger partial charge in [-0.25, -0.2) is 4.39 Å². The van der Waals surface area contributed by atoms with Crippen LogP contribution in [0.3, 0.4) is 0 Å². The molecule has 0 unspecified atom stereocenters. The summed E-state index contributed by atoms with van der Waals surface area (Å²) in [5.41, 5.74) is 2.57. The lowest BCUT2D eigenvalue weighted by molar-refractivity contribution is -0.0172. The Morgan fingerprint density at radius 2 is 2.14 bits per heavy atom. The fourth-order valence-corrected chi connectivity index (χ4v) is 3.10. The van der Waals surface area contributed by atoms with Crippen LogP contribution in [0.25, 0.3) is 0 Å². The van der Waals surface area contributed by atoms with Gasteiger partial charge >= 0.3 is 0 Å². The summed E-state index contributed by atoms with van der Waals surface area (Å²) >= 11 is 0. The Labute approximate surface area is 170 Å². The van der Waals surface area contributed by atoms with E-state index in [0.717, 1.165) is 28.2 Å². The van der Waals surface area contributed by atoms with Crippen LogP contribution in [0.15, 0.2) is 54.0 Å². The molecule has 2 aromatic carbocycles. The Balaban J connectivity index is 1.55. The molecule has 0 saturated heterocycles. The number of nitrogens with zero attached hydrogens (tertiary/aromatic N) is 1. The monoisotopic (exact) mass is 399 g/mol. The van der Waals surface area contributed by atoms with E-state index in [1.807, 2.05) is 24.3 Å². The highest BCUT2D eigenvalue weighted by Crippen LogP contribution is 2.29. The van der Waals surface area contributed by atoms with Gasteiger partial charge in [-0.05, 0) is 30.2 Å². The van der Waals surface area contributed by atoms with Crippen molar-refractivity contribution in [1.82, 2.24) is 10.6 Å². The van der Waals surface area contributed by atoms with E-state index in [1.54, 1.807) is 13.1 Å². The first-order valence-corrected chi connectivity index (χ1v) is 9.49. The second-order valence-electron chi connectivity index (χ2n) is 6.47. The van der Waals surface area contributed by atoms with Gasteiger partial charge in [-0.2, -0.15) is 0 Å². The number of rotatable bonds is 8. The number of halogens is 1. The lowest BCUT2D eigenvalue weighted by Gasteiger charge is -2.21. The fourth-order valence-electron chi connectivity index (χ4n) is 3.10. The molecule has 1 heterocycles. The van der Waals surface area contributed by atoms with Crippen LogP contribution in [0.4, 0.5) is 4.39 Å². The number of guanidine groups is 1.